The lowest BCUT2D eigenvalue weighted by molar-refractivity contribution is -0.116. The van der Waals surface area contributed by atoms with Crippen molar-refractivity contribution in [2.75, 3.05) is 18.1 Å². The first-order valence-corrected chi connectivity index (χ1v) is 10.9. The lowest BCUT2D eigenvalue weighted by atomic mass is 10.1. The summed E-state index contributed by atoms with van der Waals surface area (Å²) in [5.41, 5.74) is 5.65. The Morgan fingerprint density at radius 1 is 1.00 bits per heavy atom. The van der Waals surface area contributed by atoms with Crippen LogP contribution in [0.3, 0.4) is 0 Å². The number of amides is 2. The third kappa shape index (κ3) is 4.67. The van der Waals surface area contributed by atoms with Crippen LogP contribution in [-0.4, -0.2) is 29.9 Å². The highest BCUT2D eigenvalue weighted by molar-refractivity contribution is 5.95. The van der Waals surface area contributed by atoms with Crippen molar-refractivity contribution in [3.05, 3.63) is 94.5 Å². The van der Waals surface area contributed by atoms with E-state index >= 15 is 0 Å². The number of benzene rings is 3. The van der Waals surface area contributed by atoms with Crippen molar-refractivity contribution in [3.8, 4) is 5.75 Å². The van der Waals surface area contributed by atoms with Gasteiger partial charge in [-0.2, -0.15) is 0 Å². The van der Waals surface area contributed by atoms with Crippen LogP contribution in [0.1, 0.15) is 39.5 Å². The highest BCUT2D eigenvalue weighted by Gasteiger charge is 2.23. The first-order chi connectivity index (χ1) is 15.4. The number of hydrogen-bond donors (Lipinski definition) is 0. The topological polar surface area (TPSA) is 49.9 Å². The lowest BCUT2D eigenvalue weighted by Crippen LogP contribution is -2.33. The van der Waals surface area contributed by atoms with Gasteiger partial charge in [-0.15, -0.1) is 0 Å². The number of hydrogen-bond acceptors (Lipinski definition) is 3. The van der Waals surface area contributed by atoms with Gasteiger partial charge in [-0.3, -0.25) is 9.59 Å². The fourth-order valence-corrected chi connectivity index (χ4v) is 3.99. The second-order valence-electron chi connectivity index (χ2n) is 8.27. The van der Waals surface area contributed by atoms with E-state index in [1.165, 1.54) is 0 Å². The number of carbonyl (C=O) groups excluding carboxylic acids is 2. The Hall–Kier alpha value is -3.60. The van der Waals surface area contributed by atoms with Crippen LogP contribution >= 0.6 is 0 Å². The molecule has 0 saturated heterocycles. The standard InChI is InChI=1S/C27H28N2O3/c1-19-8-11-24(12-9-19)29(21(3)30)17-22-10-13-26-23(16-22)18-28(14-15-32-26)27(31)25-7-5-4-6-20(25)2/h4-13,16H,14-15,17-18H2,1-3H3. The van der Waals surface area contributed by atoms with Gasteiger partial charge in [-0.05, 0) is 55.3 Å². The SMILES string of the molecule is CC(=O)N(Cc1ccc2c(c1)CN(C(=O)c1ccccc1C)CCO2)c1ccc(C)cc1. The van der Waals surface area contributed by atoms with E-state index in [0.717, 1.165) is 33.7 Å². The number of aryl methyl sites for hydroxylation is 2. The quantitative estimate of drug-likeness (QED) is 0.594. The number of fused-ring (bicyclic) bond motifs is 1. The van der Waals surface area contributed by atoms with E-state index in [1.807, 2.05) is 85.5 Å². The molecule has 0 saturated carbocycles. The van der Waals surface area contributed by atoms with Crippen LogP contribution in [0.2, 0.25) is 0 Å². The monoisotopic (exact) mass is 428 g/mol. The van der Waals surface area contributed by atoms with Crippen LogP contribution in [0.25, 0.3) is 0 Å². The molecule has 3 aromatic rings. The molecule has 4 rings (SSSR count). The molecular weight excluding hydrogens is 400 g/mol. The van der Waals surface area contributed by atoms with Crippen LogP contribution in [0.5, 0.6) is 5.75 Å². The first-order valence-electron chi connectivity index (χ1n) is 10.9. The number of carbonyl (C=O) groups is 2. The van der Waals surface area contributed by atoms with Gasteiger partial charge in [0.2, 0.25) is 5.91 Å². The summed E-state index contributed by atoms with van der Waals surface area (Å²) in [6.45, 7) is 7.47. The highest BCUT2D eigenvalue weighted by atomic mass is 16.5. The fourth-order valence-electron chi connectivity index (χ4n) is 3.99. The minimum Gasteiger partial charge on any atom is -0.491 e. The summed E-state index contributed by atoms with van der Waals surface area (Å²) in [5, 5.41) is 0. The van der Waals surface area contributed by atoms with Gasteiger partial charge in [0, 0.05) is 30.3 Å². The molecule has 0 unspecified atom stereocenters. The van der Waals surface area contributed by atoms with Crippen molar-refractivity contribution in [2.45, 2.75) is 33.9 Å². The van der Waals surface area contributed by atoms with Crippen molar-refractivity contribution in [2.24, 2.45) is 0 Å². The molecule has 0 atom stereocenters. The van der Waals surface area contributed by atoms with Crippen molar-refractivity contribution in [3.63, 3.8) is 0 Å². The molecule has 3 aromatic carbocycles. The molecule has 0 radical (unpaired) electrons. The lowest BCUT2D eigenvalue weighted by Gasteiger charge is -2.23. The zero-order valence-electron chi connectivity index (χ0n) is 18.8. The third-order valence-corrected chi connectivity index (χ3v) is 5.83. The molecule has 164 valence electrons. The predicted molar refractivity (Wildman–Crippen MR) is 126 cm³/mol. The second kappa shape index (κ2) is 9.27. The number of nitrogens with zero attached hydrogens (tertiary/aromatic N) is 2. The summed E-state index contributed by atoms with van der Waals surface area (Å²) >= 11 is 0. The van der Waals surface area contributed by atoms with Gasteiger partial charge >= 0.3 is 0 Å². The van der Waals surface area contributed by atoms with E-state index in [0.29, 0.717) is 31.8 Å². The summed E-state index contributed by atoms with van der Waals surface area (Å²) in [5.74, 6) is 0.782. The molecule has 1 aliphatic rings. The van der Waals surface area contributed by atoms with E-state index < -0.39 is 0 Å². The smallest absolute Gasteiger partial charge is 0.254 e. The van der Waals surface area contributed by atoms with Crippen LogP contribution in [-0.2, 0) is 17.9 Å². The average molecular weight is 429 g/mol. The zero-order chi connectivity index (χ0) is 22.7. The van der Waals surface area contributed by atoms with Crippen LogP contribution in [0.15, 0.2) is 66.7 Å². The Labute approximate surface area is 189 Å². The summed E-state index contributed by atoms with van der Waals surface area (Å²) in [6.07, 6.45) is 0. The van der Waals surface area contributed by atoms with E-state index in [-0.39, 0.29) is 11.8 Å². The molecule has 5 nitrogen and oxygen atoms in total. The Balaban J connectivity index is 1.58. The third-order valence-electron chi connectivity index (χ3n) is 5.83. The molecule has 0 N–H and O–H groups in total. The molecule has 1 heterocycles. The molecule has 0 aliphatic carbocycles. The minimum absolute atomic E-state index is 0.00923. The fraction of sp³-hybridized carbons (Fsp3) is 0.259. The largest absolute Gasteiger partial charge is 0.491 e. The van der Waals surface area contributed by atoms with E-state index in [2.05, 4.69) is 0 Å². The molecule has 32 heavy (non-hydrogen) atoms. The van der Waals surface area contributed by atoms with E-state index in [9.17, 15) is 9.59 Å². The van der Waals surface area contributed by atoms with E-state index in [4.69, 9.17) is 4.74 Å². The van der Waals surface area contributed by atoms with Gasteiger partial charge in [-0.25, -0.2) is 0 Å². The first kappa shape index (κ1) is 21.6. The maximum atomic E-state index is 13.2. The minimum atomic E-state index is -0.0172. The Bertz CT molecular complexity index is 1140. The predicted octanol–water partition coefficient (Wildman–Crippen LogP) is 4.89. The van der Waals surface area contributed by atoms with Crippen LogP contribution in [0, 0.1) is 13.8 Å². The molecule has 5 heteroatoms. The van der Waals surface area contributed by atoms with Gasteiger partial charge in [0.25, 0.3) is 5.91 Å². The summed E-state index contributed by atoms with van der Waals surface area (Å²) in [4.78, 5) is 29.1. The average Bonchev–Trinajstić information content (AvgIpc) is 3.00. The van der Waals surface area contributed by atoms with Gasteiger partial charge in [0.1, 0.15) is 12.4 Å². The molecule has 1 aliphatic heterocycles. The molecule has 0 bridgehead atoms. The summed E-state index contributed by atoms with van der Waals surface area (Å²) < 4.78 is 5.93. The van der Waals surface area contributed by atoms with E-state index in [1.54, 1.807) is 11.8 Å². The van der Waals surface area contributed by atoms with Gasteiger partial charge < -0.3 is 14.5 Å². The van der Waals surface area contributed by atoms with Crippen molar-refractivity contribution in [1.29, 1.82) is 0 Å². The number of anilines is 1. The molecule has 0 spiro atoms. The van der Waals surface area contributed by atoms with Gasteiger partial charge in [0.15, 0.2) is 0 Å². The molecular formula is C27H28N2O3. The van der Waals surface area contributed by atoms with Crippen molar-refractivity contribution >= 4 is 17.5 Å². The van der Waals surface area contributed by atoms with Crippen LogP contribution in [0.4, 0.5) is 5.69 Å². The zero-order valence-corrected chi connectivity index (χ0v) is 18.8. The number of ether oxygens (including phenoxy) is 1. The van der Waals surface area contributed by atoms with Crippen LogP contribution < -0.4 is 9.64 Å². The maximum Gasteiger partial charge on any atom is 0.254 e. The Kier molecular flexibility index (Phi) is 6.26. The highest BCUT2D eigenvalue weighted by Crippen LogP contribution is 2.27. The Morgan fingerprint density at radius 3 is 2.47 bits per heavy atom. The van der Waals surface area contributed by atoms with Crippen molar-refractivity contribution < 1.29 is 14.3 Å². The molecule has 0 aromatic heterocycles. The molecule has 0 fully saturated rings. The van der Waals surface area contributed by atoms with Gasteiger partial charge in [-0.1, -0.05) is 42.0 Å². The Morgan fingerprint density at radius 2 is 1.75 bits per heavy atom. The maximum absolute atomic E-state index is 13.2. The normalized spacial score (nSPS) is 13.0. The summed E-state index contributed by atoms with van der Waals surface area (Å²) in [7, 11) is 0. The summed E-state index contributed by atoms with van der Waals surface area (Å²) in [6, 6.07) is 21.6. The van der Waals surface area contributed by atoms with Crippen molar-refractivity contribution in [1.82, 2.24) is 4.90 Å². The molecule has 2 amide bonds. The van der Waals surface area contributed by atoms with Gasteiger partial charge in [0.05, 0.1) is 13.1 Å². The number of rotatable bonds is 4. The second-order valence-corrected chi connectivity index (χ2v) is 8.27.